The molecule has 2 aromatic heterocycles. The summed E-state index contributed by atoms with van der Waals surface area (Å²) in [5, 5.41) is 11.9. The van der Waals surface area contributed by atoms with Gasteiger partial charge in [-0.25, -0.2) is 0 Å². The van der Waals surface area contributed by atoms with Crippen molar-refractivity contribution in [3.63, 3.8) is 0 Å². The smallest absolute Gasteiger partial charge is 0.253 e. The first-order valence-electron chi connectivity index (χ1n) is 8.11. The summed E-state index contributed by atoms with van der Waals surface area (Å²) < 4.78 is 1.95. The Hall–Kier alpha value is -2.76. The molecule has 124 valence electrons. The molecule has 6 nitrogen and oxygen atoms in total. The number of hydrogen-bond acceptors (Lipinski definition) is 4. The third-order valence-corrected chi connectivity index (χ3v) is 3.97. The lowest BCUT2D eigenvalue weighted by Gasteiger charge is -2.10. The third kappa shape index (κ3) is 3.27. The first-order valence-corrected chi connectivity index (χ1v) is 8.11. The molecule has 0 atom stereocenters. The minimum Gasteiger partial charge on any atom is -0.345 e. The average molecular weight is 323 g/mol. The number of amides is 1. The molecule has 3 rings (SSSR count). The van der Waals surface area contributed by atoms with E-state index >= 15 is 0 Å². The highest BCUT2D eigenvalue weighted by atomic mass is 16.1. The summed E-state index contributed by atoms with van der Waals surface area (Å²) in [6.45, 7) is 7.17. The highest BCUT2D eigenvalue weighted by molar-refractivity contribution is 5.98. The van der Waals surface area contributed by atoms with Gasteiger partial charge in [-0.15, -0.1) is 10.2 Å². The van der Waals surface area contributed by atoms with E-state index in [-0.39, 0.29) is 5.91 Å². The van der Waals surface area contributed by atoms with Crippen molar-refractivity contribution in [3.05, 3.63) is 53.2 Å². The molecular weight excluding hydrogens is 302 g/mol. The molecule has 0 saturated heterocycles. The van der Waals surface area contributed by atoms with Crippen LogP contribution in [0.4, 0.5) is 0 Å². The molecule has 3 aromatic rings. The van der Waals surface area contributed by atoms with E-state index in [0.29, 0.717) is 12.1 Å². The molecular formula is C18H21N5O. The van der Waals surface area contributed by atoms with Crippen molar-refractivity contribution < 1.29 is 4.79 Å². The zero-order chi connectivity index (χ0) is 17.1. The molecule has 0 bridgehead atoms. The molecule has 24 heavy (non-hydrogen) atoms. The number of pyridine rings is 1. The van der Waals surface area contributed by atoms with Gasteiger partial charge in [-0.3, -0.25) is 9.78 Å². The minimum atomic E-state index is -0.144. The Balaban J connectivity index is 1.80. The molecule has 0 spiro atoms. The van der Waals surface area contributed by atoms with E-state index in [2.05, 4.69) is 27.4 Å². The van der Waals surface area contributed by atoms with E-state index in [1.165, 1.54) is 0 Å². The second-order valence-corrected chi connectivity index (χ2v) is 5.94. The predicted octanol–water partition coefficient (Wildman–Crippen LogP) is 2.78. The Morgan fingerprint density at radius 3 is 2.88 bits per heavy atom. The van der Waals surface area contributed by atoms with Gasteiger partial charge in [0.25, 0.3) is 5.91 Å². The van der Waals surface area contributed by atoms with E-state index in [9.17, 15) is 4.79 Å². The van der Waals surface area contributed by atoms with Crippen LogP contribution in [0.2, 0.25) is 0 Å². The Bertz CT molecular complexity index is 884. The van der Waals surface area contributed by atoms with Crippen LogP contribution in [0.15, 0.2) is 30.6 Å². The van der Waals surface area contributed by atoms with Crippen LogP contribution in [0.1, 0.15) is 40.8 Å². The molecule has 0 aliphatic rings. The van der Waals surface area contributed by atoms with E-state index in [1.807, 2.05) is 42.7 Å². The molecule has 6 heteroatoms. The molecule has 0 aliphatic heterocycles. The van der Waals surface area contributed by atoms with Crippen molar-refractivity contribution in [1.29, 1.82) is 0 Å². The maximum atomic E-state index is 12.5. The topological polar surface area (TPSA) is 72.7 Å². The van der Waals surface area contributed by atoms with Crippen LogP contribution in [0, 0.1) is 13.8 Å². The number of carbonyl (C=O) groups is 1. The number of aryl methyl sites for hydroxylation is 3. The molecule has 1 amide bonds. The Morgan fingerprint density at radius 2 is 2.08 bits per heavy atom. The lowest BCUT2D eigenvalue weighted by atomic mass is 10.1. The Morgan fingerprint density at radius 1 is 1.25 bits per heavy atom. The largest absolute Gasteiger partial charge is 0.345 e. The van der Waals surface area contributed by atoms with Crippen LogP contribution in [-0.2, 0) is 13.1 Å². The molecule has 0 radical (unpaired) electrons. The fourth-order valence-corrected chi connectivity index (χ4v) is 2.72. The summed E-state index contributed by atoms with van der Waals surface area (Å²) in [5.41, 5.74) is 3.36. The second-order valence-electron chi connectivity index (χ2n) is 5.94. The van der Waals surface area contributed by atoms with Crippen LogP contribution in [-0.4, -0.2) is 25.7 Å². The number of aromatic nitrogens is 4. The molecule has 1 aromatic carbocycles. The molecule has 0 saturated carbocycles. The van der Waals surface area contributed by atoms with Crippen molar-refractivity contribution >= 4 is 16.8 Å². The summed E-state index contributed by atoms with van der Waals surface area (Å²) in [5.74, 6) is 0.613. The number of nitrogens with zero attached hydrogens (tertiary/aromatic N) is 4. The Kier molecular flexibility index (Phi) is 4.55. The summed E-state index contributed by atoms with van der Waals surface area (Å²) in [7, 11) is 0. The normalized spacial score (nSPS) is 11.0. The molecule has 1 N–H and O–H groups in total. The van der Waals surface area contributed by atoms with Gasteiger partial charge in [-0.1, -0.05) is 18.6 Å². The van der Waals surface area contributed by atoms with Gasteiger partial charge in [0.15, 0.2) is 5.82 Å². The minimum absolute atomic E-state index is 0.144. The first kappa shape index (κ1) is 16.1. The van der Waals surface area contributed by atoms with Gasteiger partial charge >= 0.3 is 0 Å². The molecule has 0 aliphatic carbocycles. The van der Waals surface area contributed by atoms with E-state index in [1.54, 1.807) is 6.33 Å². The number of rotatable bonds is 5. The van der Waals surface area contributed by atoms with Gasteiger partial charge in [-0.05, 0) is 38.5 Å². The fourth-order valence-electron chi connectivity index (χ4n) is 2.72. The summed E-state index contributed by atoms with van der Waals surface area (Å²) in [6.07, 6.45) is 2.68. The highest BCUT2D eigenvalue weighted by Gasteiger charge is 2.13. The summed E-state index contributed by atoms with van der Waals surface area (Å²) in [6, 6.07) is 7.94. The van der Waals surface area contributed by atoms with Crippen molar-refractivity contribution in [1.82, 2.24) is 25.1 Å². The zero-order valence-electron chi connectivity index (χ0n) is 14.2. The van der Waals surface area contributed by atoms with E-state index in [4.69, 9.17) is 0 Å². The first-order chi connectivity index (χ1) is 11.6. The van der Waals surface area contributed by atoms with Crippen LogP contribution in [0.3, 0.4) is 0 Å². The SMILES string of the molecule is CCCn1cnnc1CNC(=O)c1cc2cc(C)ccc2nc1C. The van der Waals surface area contributed by atoms with Crippen LogP contribution >= 0.6 is 0 Å². The molecule has 0 unspecified atom stereocenters. The maximum Gasteiger partial charge on any atom is 0.253 e. The number of fused-ring (bicyclic) bond motifs is 1. The van der Waals surface area contributed by atoms with Gasteiger partial charge in [0, 0.05) is 11.9 Å². The number of nitrogens with one attached hydrogen (secondary N) is 1. The standard InChI is InChI=1S/C18H21N5O/c1-4-7-23-11-20-22-17(23)10-19-18(24)15-9-14-8-12(2)5-6-16(14)21-13(15)3/h5-6,8-9,11H,4,7,10H2,1-3H3,(H,19,24). The number of benzene rings is 1. The number of carbonyl (C=O) groups excluding carboxylic acids is 1. The van der Waals surface area contributed by atoms with Gasteiger partial charge in [0.2, 0.25) is 0 Å². The van der Waals surface area contributed by atoms with Crippen molar-refractivity contribution in [2.75, 3.05) is 0 Å². The summed E-state index contributed by atoms with van der Waals surface area (Å²) >= 11 is 0. The lowest BCUT2D eigenvalue weighted by molar-refractivity contribution is 0.0948. The van der Waals surface area contributed by atoms with Crippen LogP contribution in [0.25, 0.3) is 10.9 Å². The quantitative estimate of drug-likeness (QED) is 0.783. The second kappa shape index (κ2) is 6.78. The monoisotopic (exact) mass is 323 g/mol. The lowest BCUT2D eigenvalue weighted by Crippen LogP contribution is -2.25. The highest BCUT2D eigenvalue weighted by Crippen LogP contribution is 2.18. The molecule has 2 heterocycles. The Labute approximate surface area is 140 Å². The zero-order valence-corrected chi connectivity index (χ0v) is 14.2. The van der Waals surface area contributed by atoms with Gasteiger partial charge in [0.1, 0.15) is 6.33 Å². The fraction of sp³-hybridized carbons (Fsp3) is 0.333. The maximum absolute atomic E-state index is 12.5. The van der Waals surface area contributed by atoms with E-state index in [0.717, 1.165) is 41.0 Å². The van der Waals surface area contributed by atoms with Crippen molar-refractivity contribution in [2.45, 2.75) is 40.3 Å². The molecule has 0 fully saturated rings. The van der Waals surface area contributed by atoms with E-state index < -0.39 is 0 Å². The third-order valence-electron chi connectivity index (χ3n) is 3.97. The number of hydrogen-bond donors (Lipinski definition) is 1. The van der Waals surface area contributed by atoms with Crippen LogP contribution in [0.5, 0.6) is 0 Å². The van der Waals surface area contributed by atoms with Gasteiger partial charge < -0.3 is 9.88 Å². The van der Waals surface area contributed by atoms with Crippen molar-refractivity contribution in [2.24, 2.45) is 0 Å². The predicted molar refractivity (Wildman–Crippen MR) is 92.7 cm³/mol. The van der Waals surface area contributed by atoms with Crippen molar-refractivity contribution in [3.8, 4) is 0 Å². The van der Waals surface area contributed by atoms with Gasteiger partial charge in [-0.2, -0.15) is 0 Å². The summed E-state index contributed by atoms with van der Waals surface area (Å²) in [4.78, 5) is 17.1. The van der Waals surface area contributed by atoms with Crippen LogP contribution < -0.4 is 5.32 Å². The van der Waals surface area contributed by atoms with Gasteiger partial charge in [0.05, 0.1) is 23.3 Å². The average Bonchev–Trinajstić information content (AvgIpc) is 3.00.